The average molecular weight is 261 g/mol. The van der Waals surface area contributed by atoms with Crippen molar-refractivity contribution in [2.24, 2.45) is 0 Å². The van der Waals surface area contributed by atoms with Crippen LogP contribution < -0.4 is 0 Å². The molecule has 0 spiro atoms. The van der Waals surface area contributed by atoms with Gasteiger partial charge in [0.1, 0.15) is 6.10 Å². The van der Waals surface area contributed by atoms with Gasteiger partial charge in [0.15, 0.2) is 0 Å². The van der Waals surface area contributed by atoms with Crippen molar-refractivity contribution in [2.45, 2.75) is 31.9 Å². The molecule has 0 aliphatic heterocycles. The van der Waals surface area contributed by atoms with Crippen LogP contribution in [0.4, 0.5) is 0 Å². The quantitative estimate of drug-likeness (QED) is 0.557. The number of rotatable bonds is 7. The maximum atomic E-state index is 11.5. The van der Waals surface area contributed by atoms with Crippen LogP contribution in [0.15, 0.2) is 43.0 Å². The van der Waals surface area contributed by atoms with Crippen LogP contribution in [0.5, 0.6) is 0 Å². The number of hydrogen-bond donors (Lipinski definition) is 0. The molecule has 0 aliphatic rings. The van der Waals surface area contributed by atoms with Crippen molar-refractivity contribution in [2.75, 3.05) is 14.1 Å². The molecule has 0 saturated heterocycles. The molecule has 0 aromatic heterocycles. The van der Waals surface area contributed by atoms with Gasteiger partial charge in [-0.05, 0) is 26.1 Å². The lowest BCUT2D eigenvalue weighted by Crippen LogP contribution is -2.34. The van der Waals surface area contributed by atoms with E-state index in [1.165, 1.54) is 6.08 Å². The average Bonchev–Trinajstić information content (AvgIpc) is 2.39. The van der Waals surface area contributed by atoms with Crippen LogP contribution in [0.3, 0.4) is 0 Å². The van der Waals surface area contributed by atoms with Gasteiger partial charge in [0, 0.05) is 6.08 Å². The maximum absolute atomic E-state index is 11.5. The van der Waals surface area contributed by atoms with Crippen molar-refractivity contribution in [1.82, 2.24) is 4.90 Å². The molecule has 3 heteroatoms. The number of benzene rings is 1. The molecule has 1 aromatic rings. The number of likely N-dealkylation sites (N-methyl/N-ethyl adjacent to an activating group) is 1. The lowest BCUT2D eigenvalue weighted by Gasteiger charge is -2.32. The lowest BCUT2D eigenvalue weighted by atomic mass is 9.97. The van der Waals surface area contributed by atoms with E-state index in [1.54, 1.807) is 0 Å². The molecule has 3 nitrogen and oxygen atoms in total. The van der Waals surface area contributed by atoms with Crippen molar-refractivity contribution in [3.8, 4) is 0 Å². The van der Waals surface area contributed by atoms with Gasteiger partial charge in [-0.3, -0.25) is 4.90 Å². The van der Waals surface area contributed by atoms with Crippen LogP contribution in [0, 0.1) is 0 Å². The number of carbonyl (C=O) groups excluding carboxylic acids is 1. The van der Waals surface area contributed by atoms with Crippen molar-refractivity contribution in [3.05, 3.63) is 48.6 Å². The first-order chi connectivity index (χ1) is 9.10. The molecule has 0 fully saturated rings. The van der Waals surface area contributed by atoms with E-state index in [0.29, 0.717) is 0 Å². The Bertz CT molecular complexity index is 400. The van der Waals surface area contributed by atoms with Gasteiger partial charge in [0.05, 0.1) is 6.04 Å². The van der Waals surface area contributed by atoms with E-state index in [-0.39, 0.29) is 18.1 Å². The summed E-state index contributed by atoms with van der Waals surface area (Å²) in [6.07, 6.45) is 2.86. The Hall–Kier alpha value is -1.61. The molecule has 1 rings (SSSR count). The first kappa shape index (κ1) is 15.4. The minimum atomic E-state index is -0.360. The summed E-state index contributed by atoms with van der Waals surface area (Å²) in [5.74, 6) is -0.360. The maximum Gasteiger partial charge on any atom is 0.330 e. The highest BCUT2D eigenvalue weighted by molar-refractivity contribution is 5.81. The fourth-order valence-electron chi connectivity index (χ4n) is 2.26. The third-order valence-corrected chi connectivity index (χ3v) is 3.06. The molecule has 0 heterocycles. The second kappa shape index (κ2) is 7.74. The van der Waals surface area contributed by atoms with Crippen LogP contribution in [0.25, 0.3) is 0 Å². The number of esters is 1. The van der Waals surface area contributed by atoms with Gasteiger partial charge in [-0.1, -0.05) is 50.3 Å². The van der Waals surface area contributed by atoms with Crippen molar-refractivity contribution < 1.29 is 9.53 Å². The van der Waals surface area contributed by atoms with Crippen LogP contribution in [-0.2, 0) is 9.53 Å². The van der Waals surface area contributed by atoms with E-state index in [4.69, 9.17) is 4.74 Å². The summed E-state index contributed by atoms with van der Waals surface area (Å²) >= 11 is 0. The molecule has 0 saturated carbocycles. The second-order valence-electron chi connectivity index (χ2n) is 4.79. The first-order valence-corrected chi connectivity index (χ1v) is 6.64. The zero-order chi connectivity index (χ0) is 14.3. The van der Waals surface area contributed by atoms with Gasteiger partial charge in [-0.25, -0.2) is 4.79 Å². The van der Waals surface area contributed by atoms with Gasteiger partial charge >= 0.3 is 5.97 Å². The highest BCUT2D eigenvalue weighted by Gasteiger charge is 2.27. The predicted molar refractivity (Wildman–Crippen MR) is 77.9 cm³/mol. The summed E-state index contributed by atoms with van der Waals surface area (Å²) in [6, 6.07) is 10.2. The highest BCUT2D eigenvalue weighted by atomic mass is 16.5. The molecule has 1 aromatic carbocycles. The van der Waals surface area contributed by atoms with Crippen LogP contribution in [0.2, 0.25) is 0 Å². The summed E-state index contributed by atoms with van der Waals surface area (Å²) in [6.45, 7) is 5.55. The Morgan fingerprint density at radius 3 is 2.47 bits per heavy atom. The van der Waals surface area contributed by atoms with Gasteiger partial charge in [0.2, 0.25) is 0 Å². The van der Waals surface area contributed by atoms with Crippen LogP contribution >= 0.6 is 0 Å². The van der Waals surface area contributed by atoms with E-state index >= 15 is 0 Å². The molecular weight excluding hydrogens is 238 g/mol. The van der Waals surface area contributed by atoms with Crippen molar-refractivity contribution in [3.63, 3.8) is 0 Å². The smallest absolute Gasteiger partial charge is 0.330 e. The molecule has 0 bridgehead atoms. The second-order valence-corrected chi connectivity index (χ2v) is 4.79. The third-order valence-electron chi connectivity index (χ3n) is 3.06. The molecule has 2 atom stereocenters. The van der Waals surface area contributed by atoms with Gasteiger partial charge in [-0.2, -0.15) is 0 Å². The lowest BCUT2D eigenvalue weighted by molar-refractivity contribution is -0.146. The Morgan fingerprint density at radius 1 is 1.37 bits per heavy atom. The number of hydrogen-bond acceptors (Lipinski definition) is 3. The van der Waals surface area contributed by atoms with Gasteiger partial charge < -0.3 is 4.74 Å². The van der Waals surface area contributed by atoms with E-state index in [9.17, 15) is 4.79 Å². The van der Waals surface area contributed by atoms with E-state index < -0.39 is 0 Å². The van der Waals surface area contributed by atoms with Crippen molar-refractivity contribution >= 4 is 5.97 Å². The topological polar surface area (TPSA) is 29.5 Å². The van der Waals surface area contributed by atoms with E-state index in [1.807, 2.05) is 32.3 Å². The minimum absolute atomic E-state index is 0.0602. The van der Waals surface area contributed by atoms with E-state index in [0.717, 1.165) is 18.4 Å². The summed E-state index contributed by atoms with van der Waals surface area (Å²) in [5.41, 5.74) is 1.16. The number of ether oxygens (including phenoxy) is 1. The fraction of sp³-hybridized carbons (Fsp3) is 0.438. The molecule has 0 N–H and O–H groups in total. The van der Waals surface area contributed by atoms with Crippen molar-refractivity contribution in [1.29, 1.82) is 0 Å². The molecule has 104 valence electrons. The Balaban J connectivity index is 2.98. The van der Waals surface area contributed by atoms with Gasteiger partial charge in [-0.15, -0.1) is 0 Å². The Labute approximate surface area is 115 Å². The summed E-state index contributed by atoms with van der Waals surface area (Å²) < 4.78 is 5.52. The van der Waals surface area contributed by atoms with Gasteiger partial charge in [0.25, 0.3) is 0 Å². The molecule has 19 heavy (non-hydrogen) atoms. The predicted octanol–water partition coefficient (Wildman–Crippen LogP) is 3.19. The third kappa shape index (κ3) is 4.52. The zero-order valence-electron chi connectivity index (χ0n) is 12.0. The highest BCUT2D eigenvalue weighted by Crippen LogP contribution is 2.27. The molecular formula is C16H23NO2. The standard InChI is InChI=1S/C16H23NO2/c1-5-10-14(19-15(18)6-2)16(17(3)4)13-11-8-7-9-12-13/h6-9,11-12,14,16H,2,5,10H2,1,3-4H3. The molecule has 0 radical (unpaired) electrons. The zero-order valence-corrected chi connectivity index (χ0v) is 12.0. The number of nitrogens with zero attached hydrogens (tertiary/aromatic N) is 1. The SMILES string of the molecule is C=CC(=O)OC(CCC)C(c1ccccc1)N(C)C. The monoisotopic (exact) mass is 261 g/mol. The first-order valence-electron chi connectivity index (χ1n) is 6.64. The summed E-state index contributed by atoms with van der Waals surface area (Å²) in [4.78, 5) is 13.6. The fourth-order valence-corrected chi connectivity index (χ4v) is 2.26. The van der Waals surface area contributed by atoms with Crippen LogP contribution in [-0.4, -0.2) is 31.1 Å². The molecule has 0 aliphatic carbocycles. The summed E-state index contributed by atoms with van der Waals surface area (Å²) in [5, 5.41) is 0. The normalized spacial score (nSPS) is 13.9. The number of carbonyl (C=O) groups is 1. The Kier molecular flexibility index (Phi) is 6.30. The molecule has 2 unspecified atom stereocenters. The molecule has 0 amide bonds. The van der Waals surface area contributed by atoms with Crippen LogP contribution in [0.1, 0.15) is 31.4 Å². The minimum Gasteiger partial charge on any atom is -0.457 e. The largest absolute Gasteiger partial charge is 0.457 e. The Morgan fingerprint density at radius 2 is 2.00 bits per heavy atom. The van der Waals surface area contributed by atoms with E-state index in [2.05, 4.69) is 30.5 Å². The summed E-state index contributed by atoms with van der Waals surface area (Å²) in [7, 11) is 4.00.